The number of halogens is 1. The highest BCUT2D eigenvalue weighted by Crippen LogP contribution is 2.17. The summed E-state index contributed by atoms with van der Waals surface area (Å²) in [5.41, 5.74) is 5.10. The lowest BCUT2D eigenvalue weighted by molar-refractivity contribution is 0.617. The first-order chi connectivity index (χ1) is 6.33. The summed E-state index contributed by atoms with van der Waals surface area (Å²) >= 11 is 1.59. The van der Waals surface area contributed by atoms with E-state index in [1.165, 1.54) is 6.08 Å². The second-order valence-corrected chi connectivity index (χ2v) is 3.57. The van der Waals surface area contributed by atoms with Crippen LogP contribution < -0.4 is 5.73 Å². The zero-order valence-electron chi connectivity index (χ0n) is 7.24. The van der Waals surface area contributed by atoms with Gasteiger partial charge in [0.05, 0.1) is 0 Å². The van der Waals surface area contributed by atoms with E-state index in [0.29, 0.717) is 5.75 Å². The molecule has 1 aromatic carbocycles. The largest absolute Gasteiger partial charge is 0.325 e. The third-order valence-corrected chi connectivity index (χ3v) is 2.43. The molecule has 3 heteroatoms. The number of benzene rings is 1. The molecule has 0 aliphatic heterocycles. The first-order valence-corrected chi connectivity index (χ1v) is 5.04. The number of thioether (sulfide) groups is 1. The molecule has 0 saturated heterocycles. The quantitative estimate of drug-likeness (QED) is 0.751. The molecule has 0 aliphatic carbocycles. The van der Waals surface area contributed by atoms with E-state index in [1.807, 2.05) is 30.3 Å². The van der Waals surface area contributed by atoms with Gasteiger partial charge in [-0.2, -0.15) is 0 Å². The molecule has 0 aliphatic rings. The molecule has 0 spiro atoms. The van der Waals surface area contributed by atoms with Crippen LogP contribution in [-0.4, -0.2) is 12.3 Å². The van der Waals surface area contributed by atoms with Gasteiger partial charge in [0.2, 0.25) is 0 Å². The molecule has 0 fully saturated rings. The van der Waals surface area contributed by atoms with Gasteiger partial charge >= 0.3 is 0 Å². The van der Waals surface area contributed by atoms with Crippen molar-refractivity contribution in [3.63, 3.8) is 0 Å². The van der Waals surface area contributed by atoms with Crippen molar-refractivity contribution in [3.05, 3.63) is 42.2 Å². The van der Waals surface area contributed by atoms with Crippen LogP contribution in [0.5, 0.6) is 0 Å². The lowest BCUT2D eigenvalue weighted by Gasteiger charge is -1.96. The number of hydrogen-bond donors (Lipinski definition) is 1. The van der Waals surface area contributed by atoms with Crippen molar-refractivity contribution in [1.29, 1.82) is 0 Å². The molecule has 1 rings (SSSR count). The molecular weight excluding hydrogens is 185 g/mol. The SMILES string of the molecule is NCC(F)=CCSc1ccccc1. The summed E-state index contributed by atoms with van der Waals surface area (Å²) in [6.45, 7) is -0.00461. The maximum Gasteiger partial charge on any atom is 0.110 e. The van der Waals surface area contributed by atoms with Gasteiger partial charge in [0.15, 0.2) is 0 Å². The molecule has 0 bridgehead atoms. The Morgan fingerprint density at radius 2 is 2.08 bits per heavy atom. The molecule has 0 heterocycles. The highest BCUT2D eigenvalue weighted by Gasteiger charge is 1.91. The fraction of sp³-hybridized carbons (Fsp3) is 0.200. The van der Waals surface area contributed by atoms with E-state index in [2.05, 4.69) is 0 Å². The molecular formula is C10H12FNS. The Hall–Kier alpha value is -0.800. The molecule has 0 atom stereocenters. The van der Waals surface area contributed by atoms with E-state index < -0.39 is 0 Å². The molecule has 0 unspecified atom stereocenters. The molecule has 0 aromatic heterocycles. The predicted octanol–water partition coefficient (Wildman–Crippen LogP) is 2.59. The summed E-state index contributed by atoms with van der Waals surface area (Å²) in [6.07, 6.45) is 1.51. The highest BCUT2D eigenvalue weighted by molar-refractivity contribution is 7.99. The smallest absolute Gasteiger partial charge is 0.110 e. The van der Waals surface area contributed by atoms with Crippen molar-refractivity contribution in [2.75, 3.05) is 12.3 Å². The van der Waals surface area contributed by atoms with Crippen molar-refractivity contribution in [1.82, 2.24) is 0 Å². The van der Waals surface area contributed by atoms with Crippen LogP contribution in [0.4, 0.5) is 4.39 Å². The van der Waals surface area contributed by atoms with Gasteiger partial charge in [-0.25, -0.2) is 4.39 Å². The molecule has 70 valence electrons. The third kappa shape index (κ3) is 4.10. The van der Waals surface area contributed by atoms with Crippen LogP contribution in [0.3, 0.4) is 0 Å². The zero-order valence-corrected chi connectivity index (χ0v) is 8.06. The van der Waals surface area contributed by atoms with Crippen molar-refractivity contribution in [3.8, 4) is 0 Å². The predicted molar refractivity (Wildman–Crippen MR) is 55.4 cm³/mol. The standard InChI is InChI=1S/C10H12FNS/c11-9(8-12)6-7-13-10-4-2-1-3-5-10/h1-6H,7-8,12H2. The van der Waals surface area contributed by atoms with Crippen LogP contribution in [0.2, 0.25) is 0 Å². The number of hydrogen-bond acceptors (Lipinski definition) is 2. The average Bonchev–Trinajstić information content (AvgIpc) is 2.19. The topological polar surface area (TPSA) is 26.0 Å². The van der Waals surface area contributed by atoms with Gasteiger partial charge in [-0.15, -0.1) is 11.8 Å². The van der Waals surface area contributed by atoms with Crippen LogP contribution >= 0.6 is 11.8 Å². The second kappa shape index (κ2) is 5.78. The molecule has 0 saturated carbocycles. The zero-order chi connectivity index (χ0) is 9.52. The van der Waals surface area contributed by atoms with E-state index in [4.69, 9.17) is 5.73 Å². The van der Waals surface area contributed by atoms with Gasteiger partial charge in [-0.05, 0) is 18.2 Å². The highest BCUT2D eigenvalue weighted by atomic mass is 32.2. The normalized spacial score (nSPS) is 11.7. The van der Waals surface area contributed by atoms with Crippen molar-refractivity contribution in [2.24, 2.45) is 5.73 Å². The fourth-order valence-corrected chi connectivity index (χ4v) is 1.63. The minimum atomic E-state index is -0.247. The Balaban J connectivity index is 2.36. The van der Waals surface area contributed by atoms with E-state index in [9.17, 15) is 4.39 Å². The fourth-order valence-electron chi connectivity index (χ4n) is 0.828. The van der Waals surface area contributed by atoms with Crippen LogP contribution in [0.1, 0.15) is 0 Å². The molecule has 1 aromatic rings. The Bertz CT molecular complexity index is 272. The van der Waals surface area contributed by atoms with E-state index >= 15 is 0 Å². The minimum absolute atomic E-state index is 0.00461. The lowest BCUT2D eigenvalue weighted by atomic mass is 10.4. The Labute approximate surface area is 81.8 Å². The summed E-state index contributed by atoms with van der Waals surface area (Å²) in [5.74, 6) is 0.385. The lowest BCUT2D eigenvalue weighted by Crippen LogP contribution is -1.98. The van der Waals surface area contributed by atoms with Gasteiger partial charge in [0.1, 0.15) is 5.83 Å². The van der Waals surface area contributed by atoms with Crippen LogP contribution in [0.15, 0.2) is 47.1 Å². The van der Waals surface area contributed by atoms with Gasteiger partial charge < -0.3 is 5.73 Å². The summed E-state index contributed by atoms with van der Waals surface area (Å²) in [7, 11) is 0. The summed E-state index contributed by atoms with van der Waals surface area (Å²) < 4.78 is 12.6. The molecule has 0 radical (unpaired) electrons. The van der Waals surface area contributed by atoms with Gasteiger partial charge in [0.25, 0.3) is 0 Å². The molecule has 13 heavy (non-hydrogen) atoms. The summed E-state index contributed by atoms with van der Waals surface area (Å²) in [5, 5.41) is 0. The van der Waals surface area contributed by atoms with Crippen molar-refractivity contribution in [2.45, 2.75) is 4.90 Å². The van der Waals surface area contributed by atoms with E-state index in [0.717, 1.165) is 4.90 Å². The van der Waals surface area contributed by atoms with Gasteiger partial charge in [-0.1, -0.05) is 18.2 Å². The number of rotatable bonds is 4. The first kappa shape index (κ1) is 10.3. The molecule has 1 nitrogen and oxygen atoms in total. The van der Waals surface area contributed by atoms with Gasteiger partial charge in [-0.3, -0.25) is 0 Å². The summed E-state index contributed by atoms with van der Waals surface area (Å²) in [4.78, 5) is 1.14. The number of nitrogens with two attached hydrogens (primary N) is 1. The van der Waals surface area contributed by atoms with E-state index in [-0.39, 0.29) is 12.4 Å². The first-order valence-electron chi connectivity index (χ1n) is 4.05. The monoisotopic (exact) mass is 197 g/mol. The maximum atomic E-state index is 12.6. The maximum absolute atomic E-state index is 12.6. The Morgan fingerprint density at radius 3 is 2.69 bits per heavy atom. The van der Waals surface area contributed by atoms with Crippen LogP contribution in [0.25, 0.3) is 0 Å². The Morgan fingerprint density at radius 1 is 1.38 bits per heavy atom. The average molecular weight is 197 g/mol. The van der Waals surface area contributed by atoms with Gasteiger partial charge in [0, 0.05) is 17.2 Å². The second-order valence-electron chi connectivity index (χ2n) is 2.48. The Kier molecular flexibility index (Phi) is 4.57. The van der Waals surface area contributed by atoms with Crippen molar-refractivity contribution >= 4 is 11.8 Å². The molecule has 2 N–H and O–H groups in total. The van der Waals surface area contributed by atoms with Crippen LogP contribution in [0, 0.1) is 0 Å². The molecule has 0 amide bonds. The minimum Gasteiger partial charge on any atom is -0.325 e. The third-order valence-electron chi connectivity index (χ3n) is 1.49. The van der Waals surface area contributed by atoms with E-state index in [1.54, 1.807) is 11.8 Å². The van der Waals surface area contributed by atoms with Crippen molar-refractivity contribution < 1.29 is 4.39 Å². The summed E-state index contributed by atoms with van der Waals surface area (Å²) in [6, 6.07) is 9.88. The van der Waals surface area contributed by atoms with Crippen LogP contribution in [-0.2, 0) is 0 Å².